The standard InChI is InChI=1S/C13H19NO2/c1-2-15-8-7-14-9-11-10-16-13-6-4-3-5-12(11)13/h3-6,11,14H,2,7-10H2,1H3. The number of benzene rings is 1. The second-order valence-corrected chi connectivity index (χ2v) is 3.95. The Morgan fingerprint density at radius 1 is 1.44 bits per heavy atom. The normalized spacial score (nSPS) is 18.2. The van der Waals surface area contributed by atoms with Gasteiger partial charge >= 0.3 is 0 Å². The first-order valence-electron chi connectivity index (χ1n) is 5.92. The predicted molar refractivity (Wildman–Crippen MR) is 64.0 cm³/mol. The zero-order chi connectivity index (χ0) is 11.2. The Morgan fingerprint density at radius 2 is 2.31 bits per heavy atom. The van der Waals surface area contributed by atoms with Gasteiger partial charge in [-0.2, -0.15) is 0 Å². The Labute approximate surface area is 96.8 Å². The van der Waals surface area contributed by atoms with E-state index in [9.17, 15) is 0 Å². The van der Waals surface area contributed by atoms with E-state index in [4.69, 9.17) is 9.47 Å². The van der Waals surface area contributed by atoms with Gasteiger partial charge in [-0.05, 0) is 13.0 Å². The van der Waals surface area contributed by atoms with E-state index in [-0.39, 0.29) is 0 Å². The van der Waals surface area contributed by atoms with Gasteiger partial charge in [0.2, 0.25) is 0 Å². The van der Waals surface area contributed by atoms with Crippen molar-refractivity contribution in [1.82, 2.24) is 5.32 Å². The molecule has 0 spiro atoms. The molecule has 16 heavy (non-hydrogen) atoms. The Kier molecular flexibility index (Phi) is 4.19. The fraction of sp³-hybridized carbons (Fsp3) is 0.538. The molecule has 1 aromatic rings. The number of para-hydroxylation sites is 1. The zero-order valence-electron chi connectivity index (χ0n) is 9.74. The van der Waals surface area contributed by atoms with Crippen molar-refractivity contribution in [1.29, 1.82) is 0 Å². The van der Waals surface area contributed by atoms with Gasteiger partial charge in [0.1, 0.15) is 5.75 Å². The summed E-state index contributed by atoms with van der Waals surface area (Å²) in [7, 11) is 0. The minimum Gasteiger partial charge on any atom is -0.493 e. The van der Waals surface area contributed by atoms with Crippen molar-refractivity contribution in [2.45, 2.75) is 12.8 Å². The molecule has 0 aliphatic carbocycles. The molecule has 0 radical (unpaired) electrons. The molecule has 1 N–H and O–H groups in total. The van der Waals surface area contributed by atoms with Gasteiger partial charge < -0.3 is 14.8 Å². The van der Waals surface area contributed by atoms with E-state index in [1.807, 2.05) is 19.1 Å². The molecule has 0 saturated heterocycles. The molecule has 0 aromatic heterocycles. The van der Waals surface area contributed by atoms with Gasteiger partial charge in [0.25, 0.3) is 0 Å². The zero-order valence-corrected chi connectivity index (χ0v) is 9.74. The number of rotatable bonds is 6. The largest absolute Gasteiger partial charge is 0.493 e. The Bertz CT molecular complexity index is 327. The van der Waals surface area contributed by atoms with Crippen LogP contribution in [-0.2, 0) is 4.74 Å². The van der Waals surface area contributed by atoms with Gasteiger partial charge in [0, 0.05) is 31.2 Å². The van der Waals surface area contributed by atoms with E-state index < -0.39 is 0 Å². The van der Waals surface area contributed by atoms with Gasteiger partial charge in [-0.1, -0.05) is 18.2 Å². The van der Waals surface area contributed by atoms with E-state index >= 15 is 0 Å². The maximum atomic E-state index is 5.62. The predicted octanol–water partition coefficient (Wildman–Crippen LogP) is 1.79. The Balaban J connectivity index is 1.76. The summed E-state index contributed by atoms with van der Waals surface area (Å²) in [5, 5.41) is 3.40. The number of hydrogen-bond donors (Lipinski definition) is 1. The minimum atomic E-state index is 0.484. The number of ether oxygens (including phenoxy) is 2. The van der Waals surface area contributed by atoms with Crippen LogP contribution in [-0.4, -0.2) is 32.9 Å². The van der Waals surface area contributed by atoms with Crippen molar-refractivity contribution >= 4 is 0 Å². The summed E-state index contributed by atoms with van der Waals surface area (Å²) in [6, 6.07) is 8.27. The third kappa shape index (κ3) is 2.74. The summed E-state index contributed by atoms with van der Waals surface area (Å²) in [6.45, 7) is 6.25. The highest BCUT2D eigenvalue weighted by molar-refractivity contribution is 5.39. The lowest BCUT2D eigenvalue weighted by Crippen LogP contribution is -2.26. The molecule has 2 rings (SSSR count). The lowest BCUT2D eigenvalue weighted by Gasteiger charge is -2.10. The van der Waals surface area contributed by atoms with Crippen LogP contribution in [0.5, 0.6) is 5.75 Å². The molecular weight excluding hydrogens is 202 g/mol. The van der Waals surface area contributed by atoms with Crippen LogP contribution >= 0.6 is 0 Å². The molecule has 1 aliphatic rings. The molecule has 0 saturated carbocycles. The molecule has 88 valence electrons. The molecule has 0 bridgehead atoms. The first-order chi connectivity index (χ1) is 7.92. The van der Waals surface area contributed by atoms with Gasteiger partial charge in [-0.25, -0.2) is 0 Å². The summed E-state index contributed by atoms with van der Waals surface area (Å²) in [6.07, 6.45) is 0. The summed E-state index contributed by atoms with van der Waals surface area (Å²) >= 11 is 0. The van der Waals surface area contributed by atoms with Crippen LogP contribution < -0.4 is 10.1 Å². The highest BCUT2D eigenvalue weighted by Gasteiger charge is 2.22. The quantitative estimate of drug-likeness (QED) is 0.743. The van der Waals surface area contributed by atoms with Crippen LogP contribution in [0.4, 0.5) is 0 Å². The molecule has 0 amide bonds. The SMILES string of the molecule is CCOCCNCC1COc2ccccc21. The van der Waals surface area contributed by atoms with Crippen LogP contribution in [0.2, 0.25) is 0 Å². The number of hydrogen-bond acceptors (Lipinski definition) is 3. The van der Waals surface area contributed by atoms with Crippen LogP contribution in [0.1, 0.15) is 18.4 Å². The van der Waals surface area contributed by atoms with Crippen molar-refractivity contribution in [2.75, 3.05) is 32.9 Å². The second-order valence-electron chi connectivity index (χ2n) is 3.95. The molecular formula is C13H19NO2. The Hall–Kier alpha value is -1.06. The highest BCUT2D eigenvalue weighted by Crippen LogP contribution is 2.32. The summed E-state index contributed by atoms with van der Waals surface area (Å²) in [5.74, 6) is 1.52. The number of nitrogens with one attached hydrogen (secondary N) is 1. The van der Waals surface area contributed by atoms with E-state index in [1.54, 1.807) is 0 Å². The molecule has 0 fully saturated rings. The fourth-order valence-corrected chi connectivity index (χ4v) is 1.96. The summed E-state index contributed by atoms with van der Waals surface area (Å²) < 4.78 is 10.9. The molecule has 1 unspecified atom stereocenters. The Morgan fingerprint density at radius 3 is 3.19 bits per heavy atom. The summed E-state index contributed by atoms with van der Waals surface area (Å²) in [5.41, 5.74) is 1.33. The first kappa shape index (κ1) is 11.4. The fourth-order valence-electron chi connectivity index (χ4n) is 1.96. The summed E-state index contributed by atoms with van der Waals surface area (Å²) in [4.78, 5) is 0. The molecule has 1 heterocycles. The van der Waals surface area contributed by atoms with E-state index in [2.05, 4.69) is 17.4 Å². The van der Waals surface area contributed by atoms with Crippen molar-refractivity contribution in [3.63, 3.8) is 0 Å². The molecule has 3 nitrogen and oxygen atoms in total. The average molecular weight is 221 g/mol. The topological polar surface area (TPSA) is 30.5 Å². The number of fused-ring (bicyclic) bond motifs is 1. The molecule has 1 aliphatic heterocycles. The average Bonchev–Trinajstić information content (AvgIpc) is 2.73. The van der Waals surface area contributed by atoms with Gasteiger partial charge in [0.05, 0.1) is 13.2 Å². The lowest BCUT2D eigenvalue weighted by molar-refractivity contribution is 0.148. The van der Waals surface area contributed by atoms with Crippen LogP contribution in [0.15, 0.2) is 24.3 Å². The maximum absolute atomic E-state index is 5.62. The molecule has 1 atom stereocenters. The minimum absolute atomic E-state index is 0.484. The van der Waals surface area contributed by atoms with Gasteiger partial charge in [-0.15, -0.1) is 0 Å². The third-order valence-electron chi connectivity index (χ3n) is 2.82. The van der Waals surface area contributed by atoms with Crippen LogP contribution in [0.3, 0.4) is 0 Å². The van der Waals surface area contributed by atoms with Gasteiger partial charge in [-0.3, -0.25) is 0 Å². The highest BCUT2D eigenvalue weighted by atomic mass is 16.5. The lowest BCUT2D eigenvalue weighted by atomic mass is 10.0. The monoisotopic (exact) mass is 221 g/mol. The van der Waals surface area contributed by atoms with E-state index in [1.165, 1.54) is 5.56 Å². The molecule has 3 heteroatoms. The second kappa shape index (κ2) is 5.87. The van der Waals surface area contributed by atoms with Crippen molar-refractivity contribution < 1.29 is 9.47 Å². The molecule has 1 aromatic carbocycles. The van der Waals surface area contributed by atoms with Crippen LogP contribution in [0, 0.1) is 0 Å². The van der Waals surface area contributed by atoms with E-state index in [0.29, 0.717) is 5.92 Å². The maximum Gasteiger partial charge on any atom is 0.122 e. The van der Waals surface area contributed by atoms with Crippen molar-refractivity contribution in [3.8, 4) is 5.75 Å². The van der Waals surface area contributed by atoms with E-state index in [0.717, 1.165) is 38.7 Å². The van der Waals surface area contributed by atoms with Gasteiger partial charge in [0.15, 0.2) is 0 Å². The third-order valence-corrected chi connectivity index (χ3v) is 2.82. The van der Waals surface area contributed by atoms with Crippen molar-refractivity contribution in [3.05, 3.63) is 29.8 Å². The first-order valence-corrected chi connectivity index (χ1v) is 5.92. The van der Waals surface area contributed by atoms with Crippen LogP contribution in [0.25, 0.3) is 0 Å². The van der Waals surface area contributed by atoms with Crippen molar-refractivity contribution in [2.24, 2.45) is 0 Å². The smallest absolute Gasteiger partial charge is 0.122 e.